The first kappa shape index (κ1) is 11.1. The minimum Gasteiger partial charge on any atom is -0.234 e. The van der Waals surface area contributed by atoms with Gasteiger partial charge in [-0.05, 0) is 30.7 Å². The molecule has 0 aliphatic carbocycles. The molecule has 1 atom stereocenters. The molecule has 1 saturated heterocycles. The predicted octanol–water partition coefficient (Wildman–Crippen LogP) is 2.80. The van der Waals surface area contributed by atoms with Gasteiger partial charge >= 0.3 is 0 Å². The Kier molecular flexibility index (Phi) is 3.13. The van der Waals surface area contributed by atoms with Gasteiger partial charge < -0.3 is 0 Å². The highest BCUT2D eigenvalue weighted by atomic mass is 79.9. The third kappa shape index (κ3) is 2.59. The molecule has 82 valence electrons. The van der Waals surface area contributed by atoms with Gasteiger partial charge in [0.05, 0.1) is 5.69 Å². The third-order valence-corrected chi connectivity index (χ3v) is 4.80. The van der Waals surface area contributed by atoms with Crippen molar-refractivity contribution in [1.29, 1.82) is 0 Å². The maximum Gasteiger partial charge on any atom is 0.112 e. The van der Waals surface area contributed by atoms with Crippen molar-refractivity contribution in [1.82, 2.24) is 4.31 Å². The Bertz CT molecular complexity index is 459. The number of halogens is 1. The van der Waals surface area contributed by atoms with E-state index < -0.39 is 9.92 Å². The lowest BCUT2D eigenvalue weighted by atomic mass is 10.3. The number of benzene rings is 1. The second kappa shape index (κ2) is 4.23. The Balaban J connectivity index is 2.28. The Morgan fingerprint density at radius 3 is 2.40 bits per heavy atom. The molecule has 1 heterocycles. The summed E-state index contributed by atoms with van der Waals surface area (Å²) in [6, 6.07) is 7.55. The fourth-order valence-corrected chi connectivity index (χ4v) is 3.21. The lowest BCUT2D eigenvalue weighted by Gasteiger charge is -2.31. The summed E-state index contributed by atoms with van der Waals surface area (Å²) < 4.78 is 19.4. The van der Waals surface area contributed by atoms with Gasteiger partial charge in [0.1, 0.15) is 9.92 Å². The molecule has 0 spiro atoms. The summed E-state index contributed by atoms with van der Waals surface area (Å²) in [5.41, 5.74) is 0.776. The van der Waals surface area contributed by atoms with E-state index in [4.69, 9.17) is 0 Å². The molecule has 2 rings (SSSR count). The molecule has 1 unspecified atom stereocenters. The highest BCUT2D eigenvalue weighted by Gasteiger charge is 2.21. The Morgan fingerprint density at radius 1 is 1.33 bits per heavy atom. The van der Waals surface area contributed by atoms with Gasteiger partial charge in [-0.25, -0.2) is 8.51 Å². The Hall–Kier alpha value is -0.390. The summed E-state index contributed by atoms with van der Waals surface area (Å²) in [5.74, 6) is 0. The minimum atomic E-state index is -2.20. The van der Waals surface area contributed by atoms with Gasteiger partial charge in [-0.15, -0.1) is 0 Å². The summed E-state index contributed by atoms with van der Waals surface area (Å²) >= 11 is 3.36. The summed E-state index contributed by atoms with van der Waals surface area (Å²) in [6.45, 7) is 1.80. The highest BCUT2D eigenvalue weighted by molar-refractivity contribution is 9.10. The van der Waals surface area contributed by atoms with Crippen LogP contribution in [0.3, 0.4) is 0 Å². The van der Waals surface area contributed by atoms with E-state index in [1.54, 1.807) is 6.26 Å². The normalized spacial score (nSPS) is 20.4. The molecule has 1 aromatic rings. The molecule has 1 aliphatic rings. The molecule has 0 bridgehead atoms. The van der Waals surface area contributed by atoms with Crippen molar-refractivity contribution in [2.45, 2.75) is 6.42 Å². The van der Waals surface area contributed by atoms with Gasteiger partial charge in [0.15, 0.2) is 0 Å². The summed E-state index contributed by atoms with van der Waals surface area (Å²) in [4.78, 5) is 0. The van der Waals surface area contributed by atoms with Crippen LogP contribution in [-0.2, 0) is 9.92 Å². The van der Waals surface area contributed by atoms with Crippen molar-refractivity contribution >= 4 is 31.5 Å². The highest BCUT2D eigenvalue weighted by Crippen LogP contribution is 2.21. The summed E-state index contributed by atoms with van der Waals surface area (Å²) in [5, 5.41) is 0. The van der Waals surface area contributed by atoms with Gasteiger partial charge in [0.2, 0.25) is 0 Å². The molecule has 3 nitrogen and oxygen atoms in total. The molecule has 0 radical (unpaired) electrons. The maximum atomic E-state index is 12.2. The summed E-state index contributed by atoms with van der Waals surface area (Å²) in [6.07, 6.45) is 2.83. The maximum absolute atomic E-state index is 12.2. The molecule has 0 N–H and O–H groups in total. The standard InChI is InChI=1S/C10H13BrN2OS/c1-15(14,13-7-2-8-13)12-10-5-3-9(11)4-6-10/h3-6H,2,7-8H2,1H3. The van der Waals surface area contributed by atoms with Gasteiger partial charge in [0, 0.05) is 23.8 Å². The van der Waals surface area contributed by atoms with Crippen LogP contribution in [0.25, 0.3) is 0 Å². The molecule has 1 aromatic carbocycles. The van der Waals surface area contributed by atoms with Crippen molar-refractivity contribution in [2.24, 2.45) is 4.36 Å². The molecule has 15 heavy (non-hydrogen) atoms. The average molecular weight is 289 g/mol. The largest absolute Gasteiger partial charge is 0.234 e. The van der Waals surface area contributed by atoms with Crippen molar-refractivity contribution < 1.29 is 4.21 Å². The zero-order valence-corrected chi connectivity index (χ0v) is 10.9. The lowest BCUT2D eigenvalue weighted by molar-refractivity contribution is 0.326. The van der Waals surface area contributed by atoms with E-state index in [0.29, 0.717) is 0 Å². The fourth-order valence-electron chi connectivity index (χ4n) is 1.38. The zero-order chi connectivity index (χ0) is 10.9. The number of hydrogen-bond donors (Lipinski definition) is 0. The van der Waals surface area contributed by atoms with Gasteiger partial charge in [-0.3, -0.25) is 0 Å². The van der Waals surface area contributed by atoms with E-state index in [9.17, 15) is 4.21 Å². The predicted molar refractivity (Wildman–Crippen MR) is 66.5 cm³/mol. The second-order valence-corrected chi connectivity index (χ2v) is 6.75. The molecule has 0 saturated carbocycles. The zero-order valence-electron chi connectivity index (χ0n) is 8.52. The van der Waals surface area contributed by atoms with Crippen LogP contribution in [0.5, 0.6) is 0 Å². The van der Waals surface area contributed by atoms with E-state index in [2.05, 4.69) is 20.3 Å². The SMILES string of the molecule is CS(=O)(=Nc1ccc(Br)cc1)N1CCC1. The van der Waals surface area contributed by atoms with Crippen LogP contribution in [0.2, 0.25) is 0 Å². The summed E-state index contributed by atoms with van der Waals surface area (Å²) in [7, 11) is -2.20. The lowest BCUT2D eigenvalue weighted by Crippen LogP contribution is -2.40. The first-order valence-electron chi connectivity index (χ1n) is 4.81. The molecule has 1 aliphatic heterocycles. The van der Waals surface area contributed by atoms with Crippen molar-refractivity contribution in [3.8, 4) is 0 Å². The van der Waals surface area contributed by atoms with Crippen LogP contribution in [0.4, 0.5) is 5.69 Å². The van der Waals surface area contributed by atoms with Crippen LogP contribution < -0.4 is 0 Å². The Morgan fingerprint density at radius 2 is 1.93 bits per heavy atom. The van der Waals surface area contributed by atoms with E-state index in [1.165, 1.54) is 0 Å². The topological polar surface area (TPSA) is 32.7 Å². The van der Waals surface area contributed by atoms with Crippen LogP contribution >= 0.6 is 15.9 Å². The van der Waals surface area contributed by atoms with E-state index >= 15 is 0 Å². The van der Waals surface area contributed by atoms with Crippen LogP contribution in [0.1, 0.15) is 6.42 Å². The Labute approximate surface area is 98.9 Å². The van der Waals surface area contributed by atoms with Crippen LogP contribution in [0.15, 0.2) is 33.1 Å². The van der Waals surface area contributed by atoms with Crippen LogP contribution in [0, 0.1) is 0 Å². The third-order valence-electron chi connectivity index (χ3n) is 2.40. The van der Waals surface area contributed by atoms with Crippen molar-refractivity contribution in [2.75, 3.05) is 19.3 Å². The molecular weight excluding hydrogens is 276 g/mol. The van der Waals surface area contributed by atoms with Gasteiger partial charge in [-0.1, -0.05) is 15.9 Å². The molecule has 5 heteroatoms. The first-order valence-corrected chi connectivity index (χ1v) is 7.48. The van der Waals surface area contributed by atoms with E-state index in [0.717, 1.165) is 29.7 Å². The molecule has 0 amide bonds. The second-order valence-electron chi connectivity index (χ2n) is 3.61. The quantitative estimate of drug-likeness (QED) is 0.824. The van der Waals surface area contributed by atoms with E-state index in [-0.39, 0.29) is 0 Å². The van der Waals surface area contributed by atoms with Crippen molar-refractivity contribution in [3.63, 3.8) is 0 Å². The molecule has 0 aromatic heterocycles. The first-order chi connectivity index (χ1) is 7.08. The van der Waals surface area contributed by atoms with Crippen molar-refractivity contribution in [3.05, 3.63) is 28.7 Å². The number of hydrogen-bond acceptors (Lipinski definition) is 2. The van der Waals surface area contributed by atoms with Gasteiger partial charge in [0.25, 0.3) is 0 Å². The molecular formula is C10H13BrN2OS. The minimum absolute atomic E-state index is 0.776. The number of nitrogens with zero attached hydrogens (tertiary/aromatic N) is 2. The van der Waals surface area contributed by atoms with Crippen LogP contribution in [-0.4, -0.2) is 27.9 Å². The fraction of sp³-hybridized carbons (Fsp3) is 0.400. The number of rotatable bonds is 2. The monoisotopic (exact) mass is 288 g/mol. The average Bonchev–Trinajstić information content (AvgIpc) is 2.04. The van der Waals surface area contributed by atoms with Gasteiger partial charge in [-0.2, -0.15) is 4.36 Å². The van der Waals surface area contributed by atoms with E-state index in [1.807, 2.05) is 28.6 Å². The smallest absolute Gasteiger partial charge is 0.112 e. The molecule has 1 fully saturated rings.